The SMILES string of the molecule is Cc1c(N=Cc2c(-c3ccccc3)n(-c3ccccc3)c3ccccc23)c(=O)n(-c2ccccc2)n1C. The molecule has 0 radical (unpaired) electrons. The van der Waals surface area contributed by atoms with Crippen LogP contribution in [0, 0.1) is 6.92 Å². The van der Waals surface area contributed by atoms with Gasteiger partial charge in [0.15, 0.2) is 5.69 Å². The van der Waals surface area contributed by atoms with Crippen molar-refractivity contribution in [3.63, 3.8) is 0 Å². The van der Waals surface area contributed by atoms with Crippen LogP contribution in [0.1, 0.15) is 11.3 Å². The Bertz CT molecular complexity index is 1790. The summed E-state index contributed by atoms with van der Waals surface area (Å²) in [6.07, 6.45) is 1.85. The summed E-state index contributed by atoms with van der Waals surface area (Å²) in [7, 11) is 1.89. The molecule has 37 heavy (non-hydrogen) atoms. The van der Waals surface area contributed by atoms with Crippen LogP contribution in [-0.4, -0.2) is 20.1 Å². The van der Waals surface area contributed by atoms with Crippen LogP contribution in [0.3, 0.4) is 0 Å². The lowest BCUT2D eigenvalue weighted by Gasteiger charge is -2.12. The second kappa shape index (κ2) is 9.28. The van der Waals surface area contributed by atoms with E-state index in [9.17, 15) is 4.79 Å². The van der Waals surface area contributed by atoms with E-state index < -0.39 is 0 Å². The Hall–Kier alpha value is -4.90. The summed E-state index contributed by atoms with van der Waals surface area (Å²) < 4.78 is 5.79. The van der Waals surface area contributed by atoms with Crippen LogP contribution in [0.25, 0.3) is 33.5 Å². The number of hydrogen-bond acceptors (Lipinski definition) is 2. The van der Waals surface area contributed by atoms with Crippen molar-refractivity contribution >= 4 is 22.8 Å². The maximum atomic E-state index is 13.5. The van der Waals surface area contributed by atoms with Crippen LogP contribution >= 0.6 is 0 Å². The second-order valence-corrected chi connectivity index (χ2v) is 8.98. The molecule has 0 saturated heterocycles. The molecule has 6 rings (SSSR count). The molecule has 0 atom stereocenters. The van der Waals surface area contributed by atoms with E-state index in [4.69, 9.17) is 4.99 Å². The molecule has 0 saturated carbocycles. The molecule has 0 aliphatic heterocycles. The van der Waals surface area contributed by atoms with E-state index in [1.54, 1.807) is 4.68 Å². The summed E-state index contributed by atoms with van der Waals surface area (Å²) >= 11 is 0. The lowest BCUT2D eigenvalue weighted by Crippen LogP contribution is -2.19. The third-order valence-corrected chi connectivity index (χ3v) is 6.82. The van der Waals surface area contributed by atoms with Gasteiger partial charge < -0.3 is 4.57 Å². The highest BCUT2D eigenvalue weighted by atomic mass is 16.1. The molecule has 6 aromatic rings. The van der Waals surface area contributed by atoms with Crippen molar-refractivity contribution in [3.8, 4) is 22.6 Å². The molecule has 0 aliphatic carbocycles. The minimum Gasteiger partial charge on any atom is -0.309 e. The van der Waals surface area contributed by atoms with Gasteiger partial charge in [-0.2, -0.15) is 0 Å². The summed E-state index contributed by atoms with van der Waals surface area (Å²) in [6.45, 7) is 1.93. The average Bonchev–Trinajstić information content (AvgIpc) is 3.39. The Balaban J connectivity index is 1.60. The maximum absolute atomic E-state index is 13.5. The number of para-hydroxylation sites is 3. The molecular formula is C32H26N4O. The van der Waals surface area contributed by atoms with Gasteiger partial charge in [-0.3, -0.25) is 9.48 Å². The molecule has 0 N–H and O–H groups in total. The topological polar surface area (TPSA) is 44.2 Å². The highest BCUT2D eigenvalue weighted by molar-refractivity contribution is 6.08. The Morgan fingerprint density at radius 3 is 1.95 bits per heavy atom. The van der Waals surface area contributed by atoms with Crippen molar-refractivity contribution in [2.75, 3.05) is 0 Å². The molecule has 0 unspecified atom stereocenters. The van der Waals surface area contributed by atoms with Crippen LogP contribution in [0.4, 0.5) is 5.69 Å². The lowest BCUT2D eigenvalue weighted by atomic mass is 10.1. The van der Waals surface area contributed by atoms with Gasteiger partial charge in [0.1, 0.15) is 0 Å². The largest absolute Gasteiger partial charge is 0.309 e. The second-order valence-electron chi connectivity index (χ2n) is 8.98. The van der Waals surface area contributed by atoms with Crippen LogP contribution < -0.4 is 5.56 Å². The molecule has 0 aliphatic rings. The van der Waals surface area contributed by atoms with Gasteiger partial charge in [-0.15, -0.1) is 0 Å². The van der Waals surface area contributed by atoms with Gasteiger partial charge in [0, 0.05) is 29.9 Å². The molecule has 4 aromatic carbocycles. The number of nitrogens with zero attached hydrogens (tertiary/aromatic N) is 4. The van der Waals surface area contributed by atoms with Crippen LogP contribution in [0.5, 0.6) is 0 Å². The van der Waals surface area contributed by atoms with E-state index in [0.717, 1.165) is 44.8 Å². The van der Waals surface area contributed by atoms with E-state index in [-0.39, 0.29) is 5.56 Å². The summed E-state index contributed by atoms with van der Waals surface area (Å²) in [5.74, 6) is 0. The van der Waals surface area contributed by atoms with Crippen LogP contribution in [0.2, 0.25) is 0 Å². The molecule has 0 spiro atoms. The van der Waals surface area contributed by atoms with E-state index >= 15 is 0 Å². The number of benzene rings is 4. The average molecular weight is 483 g/mol. The fraction of sp³-hybridized carbons (Fsp3) is 0.0625. The van der Waals surface area contributed by atoms with Gasteiger partial charge in [-0.1, -0.05) is 84.9 Å². The fourth-order valence-corrected chi connectivity index (χ4v) is 4.95. The molecular weight excluding hydrogens is 456 g/mol. The summed E-state index contributed by atoms with van der Waals surface area (Å²) in [5, 5.41) is 1.07. The zero-order chi connectivity index (χ0) is 25.4. The Kier molecular flexibility index (Phi) is 5.66. The van der Waals surface area contributed by atoms with Crippen molar-refractivity contribution in [2.45, 2.75) is 6.92 Å². The van der Waals surface area contributed by atoms with Crippen molar-refractivity contribution in [2.24, 2.45) is 12.0 Å². The van der Waals surface area contributed by atoms with Gasteiger partial charge in [-0.05, 0) is 42.8 Å². The first-order valence-electron chi connectivity index (χ1n) is 12.3. The van der Waals surface area contributed by atoms with Crippen LogP contribution in [-0.2, 0) is 7.05 Å². The fourth-order valence-electron chi connectivity index (χ4n) is 4.95. The van der Waals surface area contributed by atoms with Crippen molar-refractivity contribution in [1.82, 2.24) is 13.9 Å². The summed E-state index contributed by atoms with van der Waals surface area (Å²) in [5.41, 5.74) is 7.14. The smallest absolute Gasteiger partial charge is 0.297 e. The molecule has 0 amide bonds. The first-order valence-corrected chi connectivity index (χ1v) is 12.3. The minimum atomic E-state index is -0.143. The van der Waals surface area contributed by atoms with Gasteiger partial charge >= 0.3 is 0 Å². The third kappa shape index (κ3) is 3.81. The van der Waals surface area contributed by atoms with Crippen molar-refractivity contribution in [3.05, 3.63) is 137 Å². The maximum Gasteiger partial charge on any atom is 0.297 e. The van der Waals surface area contributed by atoms with E-state index in [1.165, 1.54) is 0 Å². The summed E-state index contributed by atoms with van der Waals surface area (Å²) in [6, 6.07) is 38.7. The first-order chi connectivity index (χ1) is 18.1. The predicted octanol–water partition coefficient (Wildman–Crippen LogP) is 6.85. The number of aromatic nitrogens is 3. The van der Waals surface area contributed by atoms with Crippen molar-refractivity contribution < 1.29 is 0 Å². The summed E-state index contributed by atoms with van der Waals surface area (Å²) in [4.78, 5) is 18.3. The Morgan fingerprint density at radius 1 is 0.703 bits per heavy atom. The van der Waals surface area contributed by atoms with Gasteiger partial charge in [0.05, 0.1) is 22.6 Å². The predicted molar refractivity (Wildman–Crippen MR) is 152 cm³/mol. The molecule has 180 valence electrons. The molecule has 0 bridgehead atoms. The highest BCUT2D eigenvalue weighted by Crippen LogP contribution is 2.36. The third-order valence-electron chi connectivity index (χ3n) is 6.82. The number of aliphatic imine (C=N–C) groups is 1. The monoisotopic (exact) mass is 482 g/mol. The standard InChI is InChI=1S/C32H26N4O/c1-23-30(32(37)36(34(23)2)26-18-10-5-11-19-26)33-22-28-27-20-12-13-21-29(27)35(25-16-8-4-9-17-25)31(28)24-14-6-3-7-15-24/h3-22H,1-2H3. The molecule has 0 fully saturated rings. The van der Waals surface area contributed by atoms with E-state index in [0.29, 0.717) is 5.69 Å². The zero-order valence-electron chi connectivity index (χ0n) is 20.7. The van der Waals surface area contributed by atoms with Crippen molar-refractivity contribution in [1.29, 1.82) is 0 Å². The molecule has 2 aromatic heterocycles. The van der Waals surface area contributed by atoms with E-state index in [2.05, 4.69) is 47.0 Å². The molecule has 5 nitrogen and oxygen atoms in total. The highest BCUT2D eigenvalue weighted by Gasteiger charge is 2.20. The first kappa shape index (κ1) is 22.6. The lowest BCUT2D eigenvalue weighted by molar-refractivity contribution is 0.630. The Morgan fingerprint density at radius 2 is 1.27 bits per heavy atom. The quantitative estimate of drug-likeness (QED) is 0.248. The zero-order valence-corrected chi connectivity index (χ0v) is 20.7. The molecule has 5 heteroatoms. The number of rotatable bonds is 5. The normalized spacial score (nSPS) is 11.5. The minimum absolute atomic E-state index is 0.143. The number of fused-ring (bicyclic) bond motifs is 1. The van der Waals surface area contributed by atoms with Crippen LogP contribution in [0.15, 0.2) is 125 Å². The number of hydrogen-bond donors (Lipinski definition) is 0. The Labute approximate surface area is 215 Å². The van der Waals surface area contributed by atoms with Gasteiger partial charge in [0.2, 0.25) is 0 Å². The molecule has 2 heterocycles. The van der Waals surface area contributed by atoms with Gasteiger partial charge in [-0.25, -0.2) is 9.67 Å². The van der Waals surface area contributed by atoms with Gasteiger partial charge in [0.25, 0.3) is 5.56 Å². The van der Waals surface area contributed by atoms with E-state index in [1.807, 2.05) is 97.7 Å².